The molecule has 0 unspecified atom stereocenters. The molecule has 0 saturated heterocycles. The van der Waals surface area contributed by atoms with E-state index in [-0.39, 0.29) is 27.0 Å². The summed E-state index contributed by atoms with van der Waals surface area (Å²) in [6.07, 6.45) is 3.42. The molecule has 0 aliphatic heterocycles. The van der Waals surface area contributed by atoms with Gasteiger partial charge < -0.3 is 4.98 Å². The van der Waals surface area contributed by atoms with Crippen LogP contribution in [0.1, 0.15) is 22.8 Å². The Kier molecular flexibility index (Phi) is 4.98. The second-order valence-corrected chi connectivity index (χ2v) is 4.52. The summed E-state index contributed by atoms with van der Waals surface area (Å²) in [6.45, 7) is 4.37. The average molecular weight is 465 g/mol. The van der Waals surface area contributed by atoms with Crippen molar-refractivity contribution < 1.29 is 25.9 Å². The summed E-state index contributed by atoms with van der Waals surface area (Å²) in [5.41, 5.74) is 1.42. The minimum absolute atomic E-state index is 0. The van der Waals surface area contributed by atoms with E-state index in [4.69, 9.17) is 0 Å². The molecule has 0 atom stereocenters. The number of nitrogens with one attached hydrogen (secondary N) is 1. The number of aryl methyl sites for hydroxylation is 2. The standard InChI is InChI=1S/C14H13N6O.W/c1-3-20-14(17-18-19-20)16-13(21)12-5-4-10-8-15-7-6-11(10)9(12)2;/h5-8H,3H2,1-2H3,(H,16,17,19,21);/q-1;. The van der Waals surface area contributed by atoms with Gasteiger partial charge in [0.25, 0.3) is 0 Å². The molecule has 0 spiro atoms. The Bertz CT molecular complexity index is 816. The molecular weight excluding hydrogens is 452 g/mol. The summed E-state index contributed by atoms with van der Waals surface area (Å²) in [7, 11) is 0. The number of pyridine rings is 1. The third-order valence-corrected chi connectivity index (χ3v) is 3.30. The van der Waals surface area contributed by atoms with Gasteiger partial charge in [-0.05, 0) is 29.1 Å². The maximum absolute atomic E-state index is 12.4. The predicted octanol–water partition coefficient (Wildman–Crippen LogP) is 1.60. The van der Waals surface area contributed by atoms with Gasteiger partial charge in [0.05, 0.1) is 0 Å². The number of anilines is 1. The molecule has 1 aromatic carbocycles. The van der Waals surface area contributed by atoms with Crippen LogP contribution in [0, 0.1) is 13.0 Å². The van der Waals surface area contributed by atoms with Crippen molar-refractivity contribution in [3.05, 3.63) is 41.7 Å². The Hall–Kier alpha value is -2.14. The third-order valence-electron chi connectivity index (χ3n) is 3.30. The molecule has 0 fully saturated rings. The van der Waals surface area contributed by atoms with Crippen molar-refractivity contribution in [3.8, 4) is 0 Å². The molecule has 3 rings (SSSR count). The van der Waals surface area contributed by atoms with Crippen molar-refractivity contribution in [3.63, 3.8) is 0 Å². The van der Waals surface area contributed by atoms with Crippen LogP contribution in [0.15, 0.2) is 24.5 Å². The van der Waals surface area contributed by atoms with Crippen LogP contribution in [0.4, 0.5) is 5.95 Å². The smallest absolute Gasteiger partial charge is 0.249 e. The van der Waals surface area contributed by atoms with E-state index in [9.17, 15) is 4.79 Å². The number of hydrogen-bond donors (Lipinski definition) is 1. The van der Waals surface area contributed by atoms with Gasteiger partial charge in [-0.3, -0.25) is 10.1 Å². The molecule has 0 aliphatic carbocycles. The van der Waals surface area contributed by atoms with Crippen LogP contribution in [-0.2, 0) is 27.6 Å². The van der Waals surface area contributed by atoms with Crippen LogP contribution < -0.4 is 5.32 Å². The Morgan fingerprint density at radius 1 is 1.45 bits per heavy atom. The third kappa shape index (κ3) is 2.90. The molecule has 2 heterocycles. The number of hydrogen-bond acceptors (Lipinski definition) is 5. The number of fused-ring (bicyclic) bond motifs is 1. The normalized spacial score (nSPS) is 10.3. The fourth-order valence-corrected chi connectivity index (χ4v) is 2.15. The molecule has 3 aromatic rings. The fraction of sp³-hybridized carbons (Fsp3) is 0.214. The molecule has 0 saturated carbocycles. The van der Waals surface area contributed by atoms with Crippen LogP contribution in [0.25, 0.3) is 10.8 Å². The number of amides is 1. The molecule has 2 aromatic heterocycles. The van der Waals surface area contributed by atoms with Gasteiger partial charge in [0, 0.05) is 33.8 Å². The SMILES string of the molecule is CCn1nnnc1NC(=O)c1c[c-]c2cnccc2c1C.[W]. The van der Waals surface area contributed by atoms with Gasteiger partial charge in [0.15, 0.2) is 0 Å². The quantitative estimate of drug-likeness (QED) is 0.595. The molecular formula is C14H13N6OW-. The maximum atomic E-state index is 12.4. The summed E-state index contributed by atoms with van der Waals surface area (Å²) in [6, 6.07) is 6.60. The van der Waals surface area contributed by atoms with Crippen LogP contribution in [-0.4, -0.2) is 31.1 Å². The van der Waals surface area contributed by atoms with E-state index in [2.05, 4.69) is 31.9 Å². The molecule has 0 radical (unpaired) electrons. The summed E-state index contributed by atoms with van der Waals surface area (Å²) in [5.74, 6) is 0.0729. The van der Waals surface area contributed by atoms with Gasteiger partial charge >= 0.3 is 0 Å². The zero-order valence-electron chi connectivity index (χ0n) is 12.1. The zero-order chi connectivity index (χ0) is 14.8. The largest absolute Gasteiger partial charge is 0.313 e. The number of rotatable bonds is 3. The molecule has 8 heteroatoms. The van der Waals surface area contributed by atoms with Gasteiger partial charge in [0.2, 0.25) is 11.9 Å². The Labute approximate surface area is 141 Å². The van der Waals surface area contributed by atoms with Gasteiger partial charge in [-0.15, -0.1) is 28.5 Å². The van der Waals surface area contributed by atoms with Crippen molar-refractivity contribution in [1.82, 2.24) is 25.2 Å². The van der Waals surface area contributed by atoms with E-state index >= 15 is 0 Å². The van der Waals surface area contributed by atoms with E-state index in [0.717, 1.165) is 16.3 Å². The van der Waals surface area contributed by atoms with E-state index in [1.165, 1.54) is 4.68 Å². The van der Waals surface area contributed by atoms with E-state index in [0.29, 0.717) is 18.1 Å². The first-order valence-electron chi connectivity index (χ1n) is 6.53. The number of tetrazole rings is 1. The van der Waals surface area contributed by atoms with Gasteiger partial charge in [-0.25, -0.2) is 4.68 Å². The molecule has 22 heavy (non-hydrogen) atoms. The van der Waals surface area contributed by atoms with Crippen molar-refractivity contribution in [2.75, 3.05) is 5.32 Å². The zero-order valence-corrected chi connectivity index (χ0v) is 15.0. The second kappa shape index (κ2) is 6.75. The van der Waals surface area contributed by atoms with Crippen LogP contribution in [0.3, 0.4) is 0 Å². The second-order valence-electron chi connectivity index (χ2n) is 4.52. The minimum Gasteiger partial charge on any atom is -0.313 e. The monoisotopic (exact) mass is 465 g/mol. The van der Waals surface area contributed by atoms with Crippen LogP contribution in [0.5, 0.6) is 0 Å². The minimum atomic E-state index is -0.257. The van der Waals surface area contributed by atoms with Crippen molar-refractivity contribution in [2.45, 2.75) is 20.4 Å². The number of carbonyl (C=O) groups excluding carboxylic acids is 1. The molecule has 7 nitrogen and oxygen atoms in total. The average Bonchev–Trinajstić information content (AvgIpc) is 2.95. The van der Waals surface area contributed by atoms with Gasteiger partial charge in [-0.2, -0.15) is 0 Å². The summed E-state index contributed by atoms with van der Waals surface area (Å²) in [4.78, 5) is 16.4. The Balaban J connectivity index is 0.00000176. The van der Waals surface area contributed by atoms with Crippen molar-refractivity contribution in [1.29, 1.82) is 0 Å². The van der Waals surface area contributed by atoms with E-state index in [1.54, 1.807) is 18.5 Å². The number of benzene rings is 1. The molecule has 1 N–H and O–H groups in total. The number of carbonyl (C=O) groups is 1. The first-order valence-corrected chi connectivity index (χ1v) is 6.53. The predicted molar refractivity (Wildman–Crippen MR) is 76.8 cm³/mol. The van der Waals surface area contributed by atoms with Gasteiger partial charge in [-0.1, -0.05) is 18.1 Å². The summed E-state index contributed by atoms with van der Waals surface area (Å²) >= 11 is 0. The summed E-state index contributed by atoms with van der Waals surface area (Å²) < 4.78 is 1.52. The molecule has 112 valence electrons. The first-order chi connectivity index (χ1) is 10.2. The number of aromatic nitrogens is 5. The fourth-order valence-electron chi connectivity index (χ4n) is 2.15. The molecule has 0 bridgehead atoms. The Morgan fingerprint density at radius 2 is 2.27 bits per heavy atom. The molecule has 1 amide bonds. The van der Waals surface area contributed by atoms with Crippen LogP contribution in [0.2, 0.25) is 0 Å². The van der Waals surface area contributed by atoms with E-state index in [1.807, 2.05) is 19.9 Å². The van der Waals surface area contributed by atoms with Gasteiger partial charge in [0.1, 0.15) is 0 Å². The van der Waals surface area contributed by atoms with Crippen molar-refractivity contribution >= 4 is 22.6 Å². The topological polar surface area (TPSA) is 85.6 Å². The van der Waals surface area contributed by atoms with E-state index < -0.39 is 0 Å². The summed E-state index contributed by atoms with van der Waals surface area (Å²) in [5, 5.41) is 15.7. The molecule has 0 aliphatic rings. The van der Waals surface area contributed by atoms with Crippen LogP contribution >= 0.6 is 0 Å². The van der Waals surface area contributed by atoms with Crippen molar-refractivity contribution in [2.24, 2.45) is 0 Å². The first kappa shape index (κ1) is 16.2. The number of nitrogens with zero attached hydrogens (tertiary/aromatic N) is 5. The maximum Gasteiger partial charge on any atom is 0.249 e. The Morgan fingerprint density at radius 3 is 3.05 bits per heavy atom.